The molecule has 0 aliphatic heterocycles. The summed E-state index contributed by atoms with van der Waals surface area (Å²) in [4.78, 5) is 17.7. The van der Waals surface area contributed by atoms with Gasteiger partial charge in [0.15, 0.2) is 0 Å². The highest BCUT2D eigenvalue weighted by molar-refractivity contribution is 5.62. The topological polar surface area (TPSA) is 57.8 Å². The summed E-state index contributed by atoms with van der Waals surface area (Å²) in [6.45, 7) is 6.29. The van der Waals surface area contributed by atoms with Crippen LogP contribution in [0.1, 0.15) is 25.0 Å². The van der Waals surface area contributed by atoms with Crippen LogP contribution in [0.15, 0.2) is 35.3 Å². The molecule has 1 aromatic heterocycles. The Morgan fingerprint density at radius 1 is 1.32 bits per heavy atom. The Bertz CT molecular complexity index is 617. The van der Waals surface area contributed by atoms with Gasteiger partial charge in [0.2, 0.25) is 0 Å². The van der Waals surface area contributed by atoms with Crippen molar-refractivity contribution in [3.05, 3.63) is 52.1 Å². The van der Waals surface area contributed by atoms with Crippen molar-refractivity contribution in [2.45, 2.75) is 27.2 Å². The second-order valence-corrected chi connectivity index (χ2v) is 5.13. The lowest BCUT2D eigenvalue weighted by molar-refractivity contribution is 0.648. The molecule has 2 rings (SSSR count). The molecule has 1 aromatic carbocycles. The average Bonchev–Trinajstić information content (AvgIpc) is 2.35. The molecule has 0 aliphatic carbocycles. The van der Waals surface area contributed by atoms with Gasteiger partial charge in [-0.15, -0.1) is 0 Å². The number of rotatable bonds is 4. The van der Waals surface area contributed by atoms with E-state index in [-0.39, 0.29) is 5.69 Å². The van der Waals surface area contributed by atoms with Crippen LogP contribution in [0.4, 0.5) is 11.5 Å². The third kappa shape index (κ3) is 3.44. The summed E-state index contributed by atoms with van der Waals surface area (Å²) in [5.74, 6) is 1.29. The maximum Gasteiger partial charge on any atom is 0.346 e. The largest absolute Gasteiger partial charge is 0.346 e. The molecule has 0 saturated heterocycles. The molecule has 0 amide bonds. The van der Waals surface area contributed by atoms with Gasteiger partial charge in [-0.25, -0.2) is 9.78 Å². The second kappa shape index (κ2) is 5.69. The maximum absolute atomic E-state index is 11.3. The molecular formula is C15H19N3O. The Morgan fingerprint density at radius 2 is 2.05 bits per heavy atom. The van der Waals surface area contributed by atoms with Gasteiger partial charge in [0.25, 0.3) is 0 Å². The monoisotopic (exact) mass is 257 g/mol. The molecule has 4 heteroatoms. The summed E-state index contributed by atoms with van der Waals surface area (Å²) in [6.07, 6.45) is 2.57. The van der Waals surface area contributed by atoms with Gasteiger partial charge >= 0.3 is 5.69 Å². The Balaban J connectivity index is 2.32. The Morgan fingerprint density at radius 3 is 2.79 bits per heavy atom. The molecular weight excluding hydrogens is 238 g/mol. The predicted molar refractivity (Wildman–Crippen MR) is 77.9 cm³/mol. The van der Waals surface area contributed by atoms with Crippen LogP contribution in [0, 0.1) is 12.8 Å². The molecule has 19 heavy (non-hydrogen) atoms. The molecule has 100 valence electrons. The van der Waals surface area contributed by atoms with Crippen LogP contribution in [0.2, 0.25) is 0 Å². The second-order valence-electron chi connectivity index (χ2n) is 5.13. The van der Waals surface area contributed by atoms with Crippen molar-refractivity contribution in [3.63, 3.8) is 0 Å². The normalized spacial score (nSPS) is 10.7. The van der Waals surface area contributed by atoms with Gasteiger partial charge in [-0.05, 0) is 30.9 Å². The first-order chi connectivity index (χ1) is 9.06. The van der Waals surface area contributed by atoms with Gasteiger partial charge in [0.05, 0.1) is 0 Å². The highest BCUT2D eigenvalue weighted by atomic mass is 16.1. The molecule has 0 atom stereocenters. The van der Waals surface area contributed by atoms with E-state index in [0.717, 1.165) is 17.7 Å². The molecule has 4 nitrogen and oxygen atoms in total. The number of para-hydroxylation sites is 1. The van der Waals surface area contributed by atoms with Crippen LogP contribution < -0.4 is 11.0 Å². The molecule has 0 spiro atoms. The minimum absolute atomic E-state index is 0.338. The number of hydrogen-bond acceptors (Lipinski definition) is 3. The van der Waals surface area contributed by atoms with Crippen molar-refractivity contribution >= 4 is 11.5 Å². The van der Waals surface area contributed by atoms with E-state index in [0.29, 0.717) is 11.7 Å². The third-order valence-corrected chi connectivity index (χ3v) is 2.91. The fourth-order valence-corrected chi connectivity index (χ4v) is 1.98. The number of nitrogens with one attached hydrogen (secondary N) is 2. The molecule has 0 radical (unpaired) electrons. The zero-order valence-corrected chi connectivity index (χ0v) is 11.5. The first-order valence-corrected chi connectivity index (χ1v) is 6.47. The Kier molecular flexibility index (Phi) is 4.00. The van der Waals surface area contributed by atoms with E-state index in [4.69, 9.17) is 0 Å². The average molecular weight is 257 g/mol. The number of nitrogens with zero attached hydrogens (tertiary/aromatic N) is 1. The van der Waals surface area contributed by atoms with E-state index >= 15 is 0 Å². The van der Waals surface area contributed by atoms with Gasteiger partial charge in [-0.1, -0.05) is 32.0 Å². The molecule has 2 N–H and O–H groups in total. The zero-order chi connectivity index (χ0) is 13.8. The number of aryl methyl sites for hydroxylation is 1. The van der Waals surface area contributed by atoms with Gasteiger partial charge in [-0.2, -0.15) is 0 Å². The fraction of sp³-hybridized carbons (Fsp3) is 0.333. The molecule has 2 aromatic rings. The summed E-state index contributed by atoms with van der Waals surface area (Å²) in [6, 6.07) is 8.15. The highest BCUT2D eigenvalue weighted by Crippen LogP contribution is 2.22. The van der Waals surface area contributed by atoms with Crippen molar-refractivity contribution in [1.29, 1.82) is 0 Å². The van der Waals surface area contributed by atoms with Crippen LogP contribution in [-0.4, -0.2) is 9.97 Å². The number of aromatic nitrogens is 2. The third-order valence-electron chi connectivity index (χ3n) is 2.91. The first kappa shape index (κ1) is 13.3. The minimum Gasteiger partial charge on any atom is -0.341 e. The molecule has 0 bridgehead atoms. The van der Waals surface area contributed by atoms with Crippen LogP contribution in [0.25, 0.3) is 0 Å². The number of benzene rings is 1. The van der Waals surface area contributed by atoms with E-state index in [9.17, 15) is 4.79 Å². The lowest BCUT2D eigenvalue weighted by Gasteiger charge is -2.14. The van der Waals surface area contributed by atoms with Crippen LogP contribution in [0.3, 0.4) is 0 Å². The van der Waals surface area contributed by atoms with E-state index < -0.39 is 0 Å². The van der Waals surface area contributed by atoms with Crippen molar-refractivity contribution in [3.8, 4) is 0 Å². The van der Waals surface area contributed by atoms with Crippen molar-refractivity contribution in [2.75, 3.05) is 5.32 Å². The molecule has 0 fully saturated rings. The van der Waals surface area contributed by atoms with E-state index in [2.05, 4.69) is 35.2 Å². The summed E-state index contributed by atoms with van der Waals surface area (Å²) in [5, 5.41) is 3.29. The SMILES string of the molecule is Cc1cnc(=O)[nH]c1Nc1ccccc1CC(C)C. The standard InChI is InChI=1S/C15H19N3O/c1-10(2)8-12-6-4-5-7-13(12)17-14-11(3)9-16-15(19)18-14/h4-7,9-10H,8H2,1-3H3,(H2,16,17,18,19). The van der Waals surface area contributed by atoms with Crippen molar-refractivity contribution in [2.24, 2.45) is 5.92 Å². The van der Waals surface area contributed by atoms with E-state index in [1.165, 1.54) is 5.56 Å². The van der Waals surface area contributed by atoms with Crippen LogP contribution >= 0.6 is 0 Å². The zero-order valence-electron chi connectivity index (χ0n) is 11.5. The fourth-order valence-electron chi connectivity index (χ4n) is 1.98. The van der Waals surface area contributed by atoms with E-state index in [1.54, 1.807) is 6.20 Å². The van der Waals surface area contributed by atoms with Gasteiger partial charge in [0.1, 0.15) is 5.82 Å². The molecule has 0 aliphatic rings. The van der Waals surface area contributed by atoms with Crippen molar-refractivity contribution in [1.82, 2.24) is 9.97 Å². The highest BCUT2D eigenvalue weighted by Gasteiger charge is 2.06. The number of H-pyrrole nitrogens is 1. The van der Waals surface area contributed by atoms with E-state index in [1.807, 2.05) is 25.1 Å². The smallest absolute Gasteiger partial charge is 0.341 e. The van der Waals surface area contributed by atoms with Gasteiger partial charge in [0, 0.05) is 17.4 Å². The van der Waals surface area contributed by atoms with Crippen LogP contribution in [-0.2, 0) is 6.42 Å². The van der Waals surface area contributed by atoms with Crippen LogP contribution in [0.5, 0.6) is 0 Å². The number of aromatic amines is 1. The lowest BCUT2D eigenvalue weighted by atomic mass is 10.0. The minimum atomic E-state index is -0.338. The number of hydrogen-bond donors (Lipinski definition) is 2. The summed E-state index contributed by atoms with van der Waals surface area (Å²) in [7, 11) is 0. The molecule has 0 unspecified atom stereocenters. The Labute approximate surface area is 112 Å². The maximum atomic E-state index is 11.3. The quantitative estimate of drug-likeness (QED) is 0.885. The lowest BCUT2D eigenvalue weighted by Crippen LogP contribution is -2.13. The molecule has 1 heterocycles. The summed E-state index contributed by atoms with van der Waals surface area (Å²) < 4.78 is 0. The van der Waals surface area contributed by atoms with Crippen molar-refractivity contribution < 1.29 is 0 Å². The van der Waals surface area contributed by atoms with Gasteiger partial charge < -0.3 is 5.32 Å². The predicted octanol–water partition coefficient (Wildman–Crippen LogP) is 3.02. The van der Waals surface area contributed by atoms with Gasteiger partial charge in [-0.3, -0.25) is 4.98 Å². The first-order valence-electron chi connectivity index (χ1n) is 6.47. The Hall–Kier alpha value is -2.10. The summed E-state index contributed by atoms with van der Waals surface area (Å²) >= 11 is 0. The number of anilines is 2. The summed E-state index contributed by atoms with van der Waals surface area (Å²) in [5.41, 5.74) is 2.85. The molecule has 0 saturated carbocycles.